The maximum Gasteiger partial charge on any atom is 0.408 e. The van der Waals surface area contributed by atoms with Gasteiger partial charge in [0.2, 0.25) is 0 Å². The predicted molar refractivity (Wildman–Crippen MR) is 105 cm³/mol. The van der Waals surface area contributed by atoms with Crippen LogP contribution in [0.15, 0.2) is 24.3 Å². The molecule has 1 aromatic carbocycles. The van der Waals surface area contributed by atoms with Crippen molar-refractivity contribution in [3.8, 4) is 0 Å². The topological polar surface area (TPSA) is 111 Å². The van der Waals surface area contributed by atoms with Crippen molar-refractivity contribution < 1.29 is 19.2 Å². The molecule has 1 aromatic rings. The number of amides is 2. The third-order valence-corrected chi connectivity index (χ3v) is 4.76. The van der Waals surface area contributed by atoms with Gasteiger partial charge in [-0.15, -0.1) is 0 Å². The van der Waals surface area contributed by atoms with Crippen molar-refractivity contribution in [3.05, 3.63) is 39.9 Å². The summed E-state index contributed by atoms with van der Waals surface area (Å²) in [6.07, 6.45) is 4.89. The molecule has 0 aromatic heterocycles. The lowest BCUT2D eigenvalue weighted by atomic mass is 9.90. The van der Waals surface area contributed by atoms with E-state index < -0.39 is 28.1 Å². The molecule has 0 atom stereocenters. The van der Waals surface area contributed by atoms with Crippen LogP contribution in [0.2, 0.25) is 0 Å². The fraction of sp³-hybridized carbons (Fsp3) is 0.600. The van der Waals surface area contributed by atoms with Crippen LogP contribution < -0.4 is 10.6 Å². The molecule has 8 nitrogen and oxygen atoms in total. The van der Waals surface area contributed by atoms with Crippen molar-refractivity contribution in [2.45, 2.75) is 70.4 Å². The molecule has 2 rings (SSSR count). The summed E-state index contributed by atoms with van der Waals surface area (Å²) in [5.74, 6) is -0.526. The molecular weight excluding hydrogens is 362 g/mol. The second kappa shape index (κ2) is 9.03. The fourth-order valence-corrected chi connectivity index (χ4v) is 3.44. The van der Waals surface area contributed by atoms with Gasteiger partial charge in [0.25, 0.3) is 11.6 Å². The van der Waals surface area contributed by atoms with E-state index in [1.54, 1.807) is 26.8 Å². The van der Waals surface area contributed by atoms with Crippen molar-refractivity contribution >= 4 is 17.7 Å². The highest BCUT2D eigenvalue weighted by atomic mass is 16.6. The number of nitrogens with one attached hydrogen (secondary N) is 2. The number of ether oxygens (including phenoxy) is 1. The van der Waals surface area contributed by atoms with Crippen LogP contribution in [0.25, 0.3) is 0 Å². The number of nitro benzene ring substituents is 1. The Bertz CT molecular complexity index is 719. The molecular formula is C20H29N3O5. The molecule has 1 fully saturated rings. The van der Waals surface area contributed by atoms with Gasteiger partial charge in [-0.05, 0) is 39.7 Å². The first-order chi connectivity index (χ1) is 13.1. The van der Waals surface area contributed by atoms with Crippen LogP contribution in [0.1, 0.15) is 69.7 Å². The van der Waals surface area contributed by atoms with E-state index in [2.05, 4.69) is 10.6 Å². The SMILES string of the molecule is CC(C)(C)OC(=O)NC1(CNC(=O)c2ccccc2[N+](=O)[O-])CCCCCC1. The minimum absolute atomic E-state index is 0.00791. The molecule has 0 radical (unpaired) electrons. The van der Waals surface area contributed by atoms with Crippen LogP contribution >= 0.6 is 0 Å². The Balaban J connectivity index is 2.13. The Morgan fingerprint density at radius 2 is 1.75 bits per heavy atom. The summed E-state index contributed by atoms with van der Waals surface area (Å²) in [4.78, 5) is 35.6. The van der Waals surface area contributed by atoms with Crippen LogP contribution in [0.3, 0.4) is 0 Å². The van der Waals surface area contributed by atoms with Gasteiger partial charge in [0, 0.05) is 12.6 Å². The number of nitro groups is 1. The molecule has 1 saturated carbocycles. The van der Waals surface area contributed by atoms with Gasteiger partial charge in [-0.3, -0.25) is 14.9 Å². The molecule has 0 bridgehead atoms. The number of hydrogen-bond donors (Lipinski definition) is 2. The smallest absolute Gasteiger partial charge is 0.408 e. The lowest BCUT2D eigenvalue weighted by molar-refractivity contribution is -0.385. The number of carbonyl (C=O) groups excluding carboxylic acids is 2. The summed E-state index contributed by atoms with van der Waals surface area (Å²) in [6, 6.07) is 5.83. The number of rotatable bonds is 5. The molecule has 2 amide bonds. The maximum absolute atomic E-state index is 12.6. The first kappa shape index (κ1) is 21.7. The van der Waals surface area contributed by atoms with Gasteiger partial charge in [-0.25, -0.2) is 4.79 Å². The van der Waals surface area contributed by atoms with Crippen LogP contribution in [-0.2, 0) is 4.74 Å². The fourth-order valence-electron chi connectivity index (χ4n) is 3.44. The van der Waals surface area contributed by atoms with Crippen LogP contribution in [0, 0.1) is 10.1 Å². The molecule has 2 N–H and O–H groups in total. The van der Waals surface area contributed by atoms with E-state index >= 15 is 0 Å². The third kappa shape index (κ3) is 6.21. The van der Waals surface area contributed by atoms with E-state index in [-0.39, 0.29) is 17.8 Å². The number of para-hydroxylation sites is 1. The van der Waals surface area contributed by atoms with Gasteiger partial charge in [-0.2, -0.15) is 0 Å². The monoisotopic (exact) mass is 391 g/mol. The Morgan fingerprint density at radius 3 is 2.32 bits per heavy atom. The third-order valence-electron chi connectivity index (χ3n) is 4.76. The Kier molecular flexibility index (Phi) is 6.99. The number of alkyl carbamates (subject to hydrolysis) is 1. The molecule has 0 heterocycles. The van der Waals surface area contributed by atoms with Crippen LogP contribution in [-0.4, -0.2) is 34.6 Å². The zero-order valence-corrected chi connectivity index (χ0v) is 16.7. The van der Waals surface area contributed by atoms with Crippen LogP contribution in [0.5, 0.6) is 0 Å². The maximum atomic E-state index is 12.6. The number of nitrogens with zero attached hydrogens (tertiary/aromatic N) is 1. The van der Waals surface area contributed by atoms with Gasteiger partial charge in [0.05, 0.1) is 10.5 Å². The highest BCUT2D eigenvalue weighted by molar-refractivity contribution is 5.98. The van der Waals surface area contributed by atoms with E-state index in [1.165, 1.54) is 18.2 Å². The molecule has 154 valence electrons. The standard InChI is InChI=1S/C20H29N3O5/c1-19(2,3)28-18(25)22-20(12-8-4-5-9-13-20)14-21-17(24)15-10-6-7-11-16(15)23(26)27/h6-7,10-11H,4-5,8-9,12-14H2,1-3H3,(H,21,24)(H,22,25). The second-order valence-electron chi connectivity index (χ2n) is 8.28. The molecule has 1 aliphatic rings. The first-order valence-electron chi connectivity index (χ1n) is 9.65. The lowest BCUT2D eigenvalue weighted by Crippen LogP contribution is -2.56. The largest absolute Gasteiger partial charge is 0.444 e. The Hall–Kier alpha value is -2.64. The summed E-state index contributed by atoms with van der Waals surface area (Å²) >= 11 is 0. The molecule has 0 aliphatic heterocycles. The van der Waals surface area contributed by atoms with Crippen LogP contribution in [0.4, 0.5) is 10.5 Å². The van der Waals surface area contributed by atoms with Crippen molar-refractivity contribution in [1.82, 2.24) is 10.6 Å². The van der Waals surface area contributed by atoms with Gasteiger partial charge >= 0.3 is 6.09 Å². The Morgan fingerprint density at radius 1 is 1.14 bits per heavy atom. The average molecular weight is 391 g/mol. The number of benzene rings is 1. The summed E-state index contributed by atoms with van der Waals surface area (Å²) in [6.45, 7) is 5.57. The Labute approximate surface area is 165 Å². The molecule has 8 heteroatoms. The summed E-state index contributed by atoms with van der Waals surface area (Å²) in [5.41, 5.74) is -1.48. The van der Waals surface area contributed by atoms with Gasteiger partial charge < -0.3 is 15.4 Å². The van der Waals surface area contributed by atoms with Gasteiger partial charge in [-0.1, -0.05) is 37.8 Å². The van der Waals surface area contributed by atoms with Crippen molar-refractivity contribution in [3.63, 3.8) is 0 Å². The highest BCUT2D eigenvalue weighted by Gasteiger charge is 2.35. The van der Waals surface area contributed by atoms with E-state index in [0.717, 1.165) is 25.7 Å². The molecule has 28 heavy (non-hydrogen) atoms. The number of hydrogen-bond acceptors (Lipinski definition) is 5. The molecule has 1 aliphatic carbocycles. The van der Waals surface area contributed by atoms with E-state index in [4.69, 9.17) is 4.74 Å². The lowest BCUT2D eigenvalue weighted by Gasteiger charge is -2.35. The minimum Gasteiger partial charge on any atom is -0.444 e. The summed E-state index contributed by atoms with van der Waals surface area (Å²) < 4.78 is 5.40. The molecule has 0 unspecified atom stereocenters. The van der Waals surface area contributed by atoms with E-state index in [9.17, 15) is 19.7 Å². The zero-order valence-electron chi connectivity index (χ0n) is 16.7. The van der Waals surface area contributed by atoms with Gasteiger partial charge in [0.15, 0.2) is 0 Å². The molecule has 0 saturated heterocycles. The van der Waals surface area contributed by atoms with E-state index in [1.807, 2.05) is 0 Å². The van der Waals surface area contributed by atoms with Crippen molar-refractivity contribution in [2.75, 3.05) is 6.54 Å². The molecule has 0 spiro atoms. The van der Waals surface area contributed by atoms with E-state index in [0.29, 0.717) is 12.8 Å². The second-order valence-corrected chi connectivity index (χ2v) is 8.28. The van der Waals surface area contributed by atoms with Crippen molar-refractivity contribution in [2.24, 2.45) is 0 Å². The highest BCUT2D eigenvalue weighted by Crippen LogP contribution is 2.28. The first-order valence-corrected chi connectivity index (χ1v) is 9.65. The summed E-state index contributed by atoms with van der Waals surface area (Å²) in [7, 11) is 0. The quantitative estimate of drug-likeness (QED) is 0.449. The number of carbonyl (C=O) groups is 2. The summed E-state index contributed by atoms with van der Waals surface area (Å²) in [5, 5.41) is 16.9. The predicted octanol–water partition coefficient (Wildman–Crippen LogP) is 3.94. The minimum atomic E-state index is -0.627. The zero-order chi connectivity index (χ0) is 20.8. The normalized spacial score (nSPS) is 16.5. The van der Waals surface area contributed by atoms with Crippen molar-refractivity contribution in [1.29, 1.82) is 0 Å². The average Bonchev–Trinajstić information content (AvgIpc) is 2.84. The van der Waals surface area contributed by atoms with Gasteiger partial charge in [0.1, 0.15) is 11.2 Å².